The molecule has 2 aromatic heterocycles. The van der Waals surface area contributed by atoms with Crippen molar-refractivity contribution in [2.45, 2.75) is 20.4 Å². The fourth-order valence-corrected chi connectivity index (χ4v) is 3.10. The number of hydrogen-bond donors (Lipinski definition) is 0. The van der Waals surface area contributed by atoms with Crippen LogP contribution in [0.25, 0.3) is 23.4 Å². The Balaban J connectivity index is 2.23. The highest BCUT2D eigenvalue weighted by atomic mass is 79.9. The van der Waals surface area contributed by atoms with E-state index in [2.05, 4.69) is 20.9 Å². The van der Waals surface area contributed by atoms with Gasteiger partial charge in [0.2, 0.25) is 0 Å². The third-order valence-electron chi connectivity index (χ3n) is 4.03. The lowest BCUT2D eigenvalue weighted by Crippen LogP contribution is -2.36. The first-order valence-corrected chi connectivity index (χ1v) is 8.93. The second kappa shape index (κ2) is 7.29. The van der Waals surface area contributed by atoms with Gasteiger partial charge in [0, 0.05) is 19.8 Å². The van der Waals surface area contributed by atoms with Crippen LogP contribution in [0.1, 0.15) is 19.4 Å². The molecule has 0 bridgehead atoms. The number of aromatic nitrogens is 4. The van der Waals surface area contributed by atoms with E-state index in [-0.39, 0.29) is 0 Å². The lowest BCUT2D eigenvalue weighted by atomic mass is 10.2. The highest BCUT2D eigenvalue weighted by Crippen LogP contribution is 2.16. The average Bonchev–Trinajstić information content (AvgIpc) is 2.95. The van der Waals surface area contributed by atoms with Gasteiger partial charge in [0.25, 0.3) is 5.56 Å². The minimum Gasteiger partial charge on any atom is -0.309 e. The van der Waals surface area contributed by atoms with Gasteiger partial charge in [-0.05, 0) is 41.4 Å². The molecule has 2 heterocycles. The zero-order valence-electron chi connectivity index (χ0n) is 14.8. The van der Waals surface area contributed by atoms with Crippen molar-refractivity contribution in [3.8, 4) is 0 Å². The van der Waals surface area contributed by atoms with E-state index in [1.54, 1.807) is 17.7 Å². The van der Waals surface area contributed by atoms with Gasteiger partial charge >= 0.3 is 5.69 Å². The lowest BCUT2D eigenvalue weighted by Gasteiger charge is -2.06. The zero-order chi connectivity index (χ0) is 18.8. The lowest BCUT2D eigenvalue weighted by molar-refractivity contribution is 0.775. The van der Waals surface area contributed by atoms with Gasteiger partial charge in [-0.1, -0.05) is 42.0 Å². The molecule has 1 aromatic carbocycles. The minimum absolute atomic E-state index is 0.360. The van der Waals surface area contributed by atoms with Crippen LogP contribution in [0.5, 0.6) is 0 Å². The SMILES string of the molecule is CC(C)=CCn1c(Br)nc2c1c(=O)n(C=Cc1ccccc1)c(=O)n2C. The molecule has 3 aromatic rings. The van der Waals surface area contributed by atoms with E-state index < -0.39 is 11.2 Å². The predicted octanol–water partition coefficient (Wildman–Crippen LogP) is 3.25. The Morgan fingerprint density at radius 2 is 1.88 bits per heavy atom. The van der Waals surface area contributed by atoms with Crippen molar-refractivity contribution in [2.75, 3.05) is 0 Å². The molecule has 26 heavy (non-hydrogen) atoms. The smallest absolute Gasteiger partial charge is 0.309 e. The van der Waals surface area contributed by atoms with E-state index in [1.807, 2.05) is 50.3 Å². The maximum atomic E-state index is 13.0. The summed E-state index contributed by atoms with van der Waals surface area (Å²) in [6, 6.07) is 9.51. The molecule has 3 rings (SSSR count). The maximum Gasteiger partial charge on any atom is 0.336 e. The summed E-state index contributed by atoms with van der Waals surface area (Å²) in [5, 5.41) is 0. The Hall–Kier alpha value is -2.67. The van der Waals surface area contributed by atoms with Crippen molar-refractivity contribution in [3.63, 3.8) is 0 Å². The molecule has 0 saturated carbocycles. The summed E-state index contributed by atoms with van der Waals surface area (Å²) in [4.78, 5) is 30.0. The average molecular weight is 415 g/mol. The largest absolute Gasteiger partial charge is 0.336 e. The molecular weight excluding hydrogens is 396 g/mol. The summed E-state index contributed by atoms with van der Waals surface area (Å²) < 4.78 is 4.77. The number of nitrogens with zero attached hydrogens (tertiary/aromatic N) is 4. The summed E-state index contributed by atoms with van der Waals surface area (Å²) >= 11 is 3.39. The molecule has 6 nitrogen and oxygen atoms in total. The Morgan fingerprint density at radius 3 is 2.54 bits per heavy atom. The summed E-state index contributed by atoms with van der Waals surface area (Å²) in [7, 11) is 1.61. The van der Waals surface area contributed by atoms with Gasteiger partial charge in [0.05, 0.1) is 0 Å². The number of benzene rings is 1. The van der Waals surface area contributed by atoms with Crippen molar-refractivity contribution < 1.29 is 0 Å². The molecule has 0 radical (unpaired) electrons. The molecule has 0 aliphatic carbocycles. The van der Waals surface area contributed by atoms with Crippen molar-refractivity contribution in [1.82, 2.24) is 18.7 Å². The monoisotopic (exact) mass is 414 g/mol. The highest BCUT2D eigenvalue weighted by Gasteiger charge is 2.17. The quantitative estimate of drug-likeness (QED) is 0.486. The number of allylic oxidation sites excluding steroid dienone is 2. The van der Waals surface area contributed by atoms with Crippen molar-refractivity contribution >= 4 is 39.4 Å². The molecule has 134 valence electrons. The number of aryl methyl sites for hydroxylation is 1. The zero-order valence-corrected chi connectivity index (χ0v) is 16.4. The Kier molecular flexibility index (Phi) is 5.08. The number of rotatable bonds is 4. The van der Waals surface area contributed by atoms with Crippen molar-refractivity contribution in [3.05, 3.63) is 73.1 Å². The number of imidazole rings is 1. The maximum absolute atomic E-state index is 13.0. The van der Waals surface area contributed by atoms with Gasteiger partial charge in [-0.15, -0.1) is 0 Å². The second-order valence-electron chi connectivity index (χ2n) is 6.19. The topological polar surface area (TPSA) is 61.8 Å². The van der Waals surface area contributed by atoms with Crippen LogP contribution in [0.15, 0.2) is 56.3 Å². The molecule has 0 fully saturated rings. The summed E-state index contributed by atoms with van der Waals surface area (Å²) in [5.74, 6) is 0. The van der Waals surface area contributed by atoms with Crippen LogP contribution in [0.2, 0.25) is 0 Å². The third kappa shape index (κ3) is 3.35. The number of fused-ring (bicyclic) bond motifs is 1. The van der Waals surface area contributed by atoms with E-state index in [1.165, 1.54) is 10.8 Å². The van der Waals surface area contributed by atoms with Gasteiger partial charge in [-0.25, -0.2) is 14.3 Å². The summed E-state index contributed by atoms with van der Waals surface area (Å²) in [6.45, 7) is 4.47. The van der Waals surface area contributed by atoms with Crippen molar-refractivity contribution in [2.24, 2.45) is 7.05 Å². The van der Waals surface area contributed by atoms with E-state index >= 15 is 0 Å². The molecule has 0 unspecified atom stereocenters. The molecule has 0 atom stereocenters. The number of hydrogen-bond acceptors (Lipinski definition) is 3. The molecule has 0 saturated heterocycles. The van der Waals surface area contributed by atoms with E-state index in [0.717, 1.165) is 15.7 Å². The normalized spacial score (nSPS) is 11.4. The molecule has 0 aliphatic rings. The highest BCUT2D eigenvalue weighted by molar-refractivity contribution is 9.10. The van der Waals surface area contributed by atoms with Crippen LogP contribution >= 0.6 is 15.9 Å². The van der Waals surface area contributed by atoms with Crippen LogP contribution in [0, 0.1) is 0 Å². The Morgan fingerprint density at radius 1 is 1.19 bits per heavy atom. The van der Waals surface area contributed by atoms with Crippen LogP contribution < -0.4 is 11.2 Å². The molecule has 0 amide bonds. The first kappa shape index (κ1) is 18.1. The van der Waals surface area contributed by atoms with Crippen LogP contribution in [0.3, 0.4) is 0 Å². The Bertz CT molecular complexity index is 1130. The Labute approximate surface area is 158 Å². The predicted molar refractivity (Wildman–Crippen MR) is 108 cm³/mol. The van der Waals surface area contributed by atoms with Gasteiger partial charge < -0.3 is 4.57 Å². The standard InChI is InChI=1S/C19H19BrN4O2/c1-13(2)9-11-23-15-16(21-18(23)20)22(3)19(26)24(17(15)25)12-10-14-7-5-4-6-8-14/h4-10,12H,11H2,1-3H3. The van der Waals surface area contributed by atoms with Crippen molar-refractivity contribution in [1.29, 1.82) is 0 Å². The first-order valence-electron chi connectivity index (χ1n) is 8.14. The van der Waals surface area contributed by atoms with E-state index in [0.29, 0.717) is 22.4 Å². The first-order chi connectivity index (χ1) is 12.4. The minimum atomic E-state index is -0.436. The van der Waals surface area contributed by atoms with Gasteiger partial charge in [0.15, 0.2) is 15.9 Å². The number of halogens is 1. The third-order valence-corrected chi connectivity index (χ3v) is 4.64. The van der Waals surface area contributed by atoms with Crippen LogP contribution in [0.4, 0.5) is 0 Å². The summed E-state index contributed by atoms with van der Waals surface area (Å²) in [6.07, 6.45) is 5.24. The summed E-state index contributed by atoms with van der Waals surface area (Å²) in [5.41, 5.74) is 1.95. The fraction of sp³-hybridized carbons (Fsp3) is 0.211. The molecule has 0 spiro atoms. The van der Waals surface area contributed by atoms with Crippen LogP contribution in [-0.4, -0.2) is 18.7 Å². The molecule has 0 N–H and O–H groups in total. The molecule has 7 heteroatoms. The van der Waals surface area contributed by atoms with E-state index in [9.17, 15) is 9.59 Å². The van der Waals surface area contributed by atoms with Crippen LogP contribution in [-0.2, 0) is 13.6 Å². The molecular formula is C19H19BrN4O2. The van der Waals surface area contributed by atoms with Gasteiger partial charge in [-0.3, -0.25) is 9.36 Å². The second-order valence-corrected chi connectivity index (χ2v) is 6.90. The molecule has 0 aliphatic heterocycles. The van der Waals surface area contributed by atoms with E-state index in [4.69, 9.17) is 0 Å². The van der Waals surface area contributed by atoms with Gasteiger partial charge in [0.1, 0.15) is 0 Å². The fourth-order valence-electron chi connectivity index (χ4n) is 2.61. The van der Waals surface area contributed by atoms with Gasteiger partial charge in [-0.2, -0.15) is 0 Å².